The van der Waals surface area contributed by atoms with E-state index in [0.29, 0.717) is 6.61 Å². The molecule has 2 aromatic rings. The van der Waals surface area contributed by atoms with Crippen LogP contribution in [0.2, 0.25) is 0 Å². The molecule has 1 aromatic carbocycles. The lowest BCUT2D eigenvalue weighted by molar-refractivity contribution is 0.310. The highest BCUT2D eigenvalue weighted by molar-refractivity contribution is 5.42. The molecule has 1 aromatic heterocycles. The third-order valence-corrected chi connectivity index (χ3v) is 2.86. The number of nitrogens with zero attached hydrogens (tertiary/aromatic N) is 2. The Morgan fingerprint density at radius 3 is 2.90 bits per heavy atom. The van der Waals surface area contributed by atoms with Gasteiger partial charge in [-0.2, -0.15) is 5.10 Å². The number of hydrogen-bond acceptors (Lipinski definition) is 5. The molecule has 2 N–H and O–H groups in total. The minimum atomic E-state index is 0.624. The monoisotopic (exact) mass is 276 g/mol. The molecule has 0 atom stereocenters. The predicted molar refractivity (Wildman–Crippen MR) is 76.0 cm³/mol. The van der Waals surface area contributed by atoms with Crippen molar-refractivity contribution in [2.45, 2.75) is 19.9 Å². The highest BCUT2D eigenvalue weighted by Gasteiger charge is 2.05. The van der Waals surface area contributed by atoms with Gasteiger partial charge >= 0.3 is 0 Å². The van der Waals surface area contributed by atoms with E-state index in [2.05, 4.69) is 20.5 Å². The highest BCUT2D eigenvalue weighted by Crippen LogP contribution is 2.27. The fourth-order valence-corrected chi connectivity index (χ4v) is 1.89. The maximum absolute atomic E-state index is 5.56. The van der Waals surface area contributed by atoms with Gasteiger partial charge in [-0.15, -0.1) is 0 Å². The van der Waals surface area contributed by atoms with Crippen LogP contribution in [-0.4, -0.2) is 35.4 Å². The smallest absolute Gasteiger partial charge is 0.161 e. The van der Waals surface area contributed by atoms with Crippen molar-refractivity contribution in [3.63, 3.8) is 0 Å². The molecule has 0 saturated carbocycles. The standard InChI is InChI=1S/C14H20N4O2/c1-3-20-13-8-11(4-5-12(13)19-2)9-15-7-6-14-16-10-17-18-14/h4-5,8,10,15H,3,6-7,9H2,1-2H3,(H,16,17,18). The van der Waals surface area contributed by atoms with Crippen LogP contribution in [0.3, 0.4) is 0 Å². The summed E-state index contributed by atoms with van der Waals surface area (Å²) in [6.07, 6.45) is 2.35. The van der Waals surface area contributed by atoms with E-state index in [9.17, 15) is 0 Å². The minimum Gasteiger partial charge on any atom is -0.493 e. The second kappa shape index (κ2) is 7.49. The Kier molecular flexibility index (Phi) is 5.37. The fourth-order valence-electron chi connectivity index (χ4n) is 1.89. The van der Waals surface area contributed by atoms with Crippen LogP contribution in [0.15, 0.2) is 24.5 Å². The van der Waals surface area contributed by atoms with Crippen molar-refractivity contribution in [1.29, 1.82) is 0 Å². The maximum atomic E-state index is 5.56. The lowest BCUT2D eigenvalue weighted by Crippen LogP contribution is -2.17. The summed E-state index contributed by atoms with van der Waals surface area (Å²) in [7, 11) is 1.65. The van der Waals surface area contributed by atoms with E-state index in [1.807, 2.05) is 25.1 Å². The van der Waals surface area contributed by atoms with Crippen LogP contribution < -0.4 is 14.8 Å². The first kappa shape index (κ1) is 14.3. The average molecular weight is 276 g/mol. The number of aromatic nitrogens is 3. The van der Waals surface area contributed by atoms with Crippen LogP contribution in [0, 0.1) is 0 Å². The molecule has 0 unspecified atom stereocenters. The molecule has 20 heavy (non-hydrogen) atoms. The van der Waals surface area contributed by atoms with E-state index in [4.69, 9.17) is 9.47 Å². The summed E-state index contributed by atoms with van der Waals surface area (Å²) in [5.41, 5.74) is 1.16. The van der Waals surface area contributed by atoms with Gasteiger partial charge in [-0.25, -0.2) is 4.98 Å². The van der Waals surface area contributed by atoms with Crippen LogP contribution in [0.25, 0.3) is 0 Å². The summed E-state index contributed by atoms with van der Waals surface area (Å²) < 4.78 is 10.8. The van der Waals surface area contributed by atoms with Crippen molar-refractivity contribution in [1.82, 2.24) is 20.5 Å². The first-order valence-electron chi connectivity index (χ1n) is 6.68. The van der Waals surface area contributed by atoms with E-state index in [0.717, 1.165) is 42.4 Å². The SMILES string of the molecule is CCOc1cc(CNCCc2ncn[nH]2)ccc1OC. The molecule has 0 aliphatic heterocycles. The minimum absolute atomic E-state index is 0.624. The predicted octanol–water partition coefficient (Wildman–Crippen LogP) is 1.54. The van der Waals surface area contributed by atoms with Gasteiger partial charge in [0.05, 0.1) is 13.7 Å². The van der Waals surface area contributed by atoms with Crippen molar-refractivity contribution in [2.75, 3.05) is 20.3 Å². The molecule has 0 amide bonds. The summed E-state index contributed by atoms with van der Waals surface area (Å²) in [4.78, 5) is 4.08. The molecule has 0 aliphatic carbocycles. The Morgan fingerprint density at radius 1 is 1.30 bits per heavy atom. The lowest BCUT2D eigenvalue weighted by Gasteiger charge is -2.11. The molecular weight excluding hydrogens is 256 g/mol. The second-order valence-corrected chi connectivity index (χ2v) is 4.28. The third kappa shape index (κ3) is 3.96. The molecule has 0 fully saturated rings. The van der Waals surface area contributed by atoms with Gasteiger partial charge in [-0.05, 0) is 24.6 Å². The second-order valence-electron chi connectivity index (χ2n) is 4.28. The Balaban J connectivity index is 1.84. The van der Waals surface area contributed by atoms with Gasteiger partial charge in [0, 0.05) is 19.5 Å². The average Bonchev–Trinajstić information content (AvgIpc) is 2.97. The Morgan fingerprint density at radius 2 is 2.20 bits per heavy atom. The lowest BCUT2D eigenvalue weighted by atomic mass is 10.2. The molecule has 6 nitrogen and oxygen atoms in total. The molecular formula is C14H20N4O2. The fraction of sp³-hybridized carbons (Fsp3) is 0.429. The van der Waals surface area contributed by atoms with Crippen LogP contribution in [0.5, 0.6) is 11.5 Å². The largest absolute Gasteiger partial charge is 0.493 e. The molecule has 0 spiro atoms. The van der Waals surface area contributed by atoms with E-state index < -0.39 is 0 Å². The zero-order chi connectivity index (χ0) is 14.2. The van der Waals surface area contributed by atoms with E-state index >= 15 is 0 Å². The van der Waals surface area contributed by atoms with Crippen molar-refractivity contribution >= 4 is 0 Å². The quantitative estimate of drug-likeness (QED) is 0.716. The molecule has 6 heteroatoms. The Hall–Kier alpha value is -2.08. The number of ether oxygens (including phenoxy) is 2. The molecule has 108 valence electrons. The van der Waals surface area contributed by atoms with Gasteiger partial charge in [0.2, 0.25) is 0 Å². The van der Waals surface area contributed by atoms with Crippen LogP contribution in [0.1, 0.15) is 18.3 Å². The van der Waals surface area contributed by atoms with Crippen molar-refractivity contribution in [3.8, 4) is 11.5 Å². The third-order valence-electron chi connectivity index (χ3n) is 2.86. The molecule has 0 aliphatic rings. The van der Waals surface area contributed by atoms with Crippen molar-refractivity contribution in [3.05, 3.63) is 35.9 Å². The van der Waals surface area contributed by atoms with Gasteiger partial charge in [0.1, 0.15) is 12.2 Å². The normalized spacial score (nSPS) is 10.5. The number of H-pyrrole nitrogens is 1. The number of rotatable bonds is 8. The topological polar surface area (TPSA) is 72.1 Å². The zero-order valence-electron chi connectivity index (χ0n) is 11.8. The summed E-state index contributed by atoms with van der Waals surface area (Å²) in [6, 6.07) is 5.96. The number of benzene rings is 1. The molecule has 2 rings (SSSR count). The Labute approximate surface area is 118 Å². The number of aromatic amines is 1. The zero-order valence-corrected chi connectivity index (χ0v) is 11.8. The van der Waals surface area contributed by atoms with Gasteiger partial charge in [0.15, 0.2) is 11.5 Å². The van der Waals surface area contributed by atoms with E-state index in [-0.39, 0.29) is 0 Å². The number of methoxy groups -OCH3 is 1. The number of nitrogens with one attached hydrogen (secondary N) is 2. The Bertz CT molecular complexity index is 514. The van der Waals surface area contributed by atoms with Gasteiger partial charge in [-0.3, -0.25) is 5.10 Å². The van der Waals surface area contributed by atoms with Crippen molar-refractivity contribution < 1.29 is 9.47 Å². The summed E-state index contributed by atoms with van der Waals surface area (Å²) in [5.74, 6) is 2.43. The van der Waals surface area contributed by atoms with Crippen molar-refractivity contribution in [2.24, 2.45) is 0 Å². The van der Waals surface area contributed by atoms with Gasteiger partial charge < -0.3 is 14.8 Å². The highest BCUT2D eigenvalue weighted by atomic mass is 16.5. The molecule has 1 heterocycles. The maximum Gasteiger partial charge on any atom is 0.161 e. The van der Waals surface area contributed by atoms with Crippen LogP contribution in [-0.2, 0) is 13.0 Å². The molecule has 0 radical (unpaired) electrons. The van der Waals surface area contributed by atoms with E-state index in [1.54, 1.807) is 7.11 Å². The molecule has 0 bridgehead atoms. The summed E-state index contributed by atoms with van der Waals surface area (Å²) in [5, 5.41) is 10.0. The van der Waals surface area contributed by atoms with E-state index in [1.165, 1.54) is 6.33 Å². The summed E-state index contributed by atoms with van der Waals surface area (Å²) >= 11 is 0. The van der Waals surface area contributed by atoms with Gasteiger partial charge in [-0.1, -0.05) is 6.07 Å². The summed E-state index contributed by atoms with van der Waals surface area (Å²) in [6.45, 7) is 4.20. The number of hydrogen-bond donors (Lipinski definition) is 2. The van der Waals surface area contributed by atoms with Gasteiger partial charge in [0.25, 0.3) is 0 Å². The van der Waals surface area contributed by atoms with Crippen LogP contribution >= 0.6 is 0 Å². The molecule has 0 saturated heterocycles. The first-order chi connectivity index (χ1) is 9.83. The first-order valence-corrected chi connectivity index (χ1v) is 6.68. The van der Waals surface area contributed by atoms with Crippen LogP contribution in [0.4, 0.5) is 0 Å².